The van der Waals surface area contributed by atoms with Gasteiger partial charge in [-0.1, -0.05) is 0 Å². The maximum absolute atomic E-state index is 11.4. The highest BCUT2D eigenvalue weighted by molar-refractivity contribution is 9.11. The number of aromatic hydroxyl groups is 1. The van der Waals surface area contributed by atoms with Gasteiger partial charge in [-0.25, -0.2) is 4.79 Å². The average Bonchev–Trinajstić information content (AvgIpc) is 2.85. The molecular weight excluding hydrogens is 398 g/mol. The number of nitrogens with zero attached hydrogens (tertiary/aromatic N) is 1. The topological polar surface area (TPSA) is 60.8 Å². The predicted molar refractivity (Wildman–Crippen MR) is 82.8 cm³/mol. The monoisotopic (exact) mass is 405 g/mol. The molecule has 0 aliphatic heterocycles. The number of thiophene rings is 1. The molecule has 0 atom stereocenters. The fraction of sp³-hybridized carbons (Fsp3) is 0.0833. The zero-order valence-corrected chi connectivity index (χ0v) is 13.7. The molecule has 0 bridgehead atoms. The van der Waals surface area contributed by atoms with Crippen molar-refractivity contribution in [1.82, 2.24) is 0 Å². The van der Waals surface area contributed by atoms with E-state index in [1.54, 1.807) is 11.9 Å². The molecule has 0 aliphatic rings. The van der Waals surface area contributed by atoms with E-state index in [9.17, 15) is 15.0 Å². The summed E-state index contributed by atoms with van der Waals surface area (Å²) >= 11 is 7.89. The maximum atomic E-state index is 11.4. The predicted octanol–water partition coefficient (Wildman–Crippen LogP) is 4.44. The van der Waals surface area contributed by atoms with Crippen LogP contribution in [0, 0.1) is 0 Å². The van der Waals surface area contributed by atoms with Crippen LogP contribution in [0.2, 0.25) is 0 Å². The Labute approximate surface area is 130 Å². The number of carboxylic acid groups (broad SMARTS) is 1. The summed E-state index contributed by atoms with van der Waals surface area (Å²) in [4.78, 5) is 13.1. The number of anilines is 2. The van der Waals surface area contributed by atoms with Gasteiger partial charge in [0.25, 0.3) is 0 Å². The van der Waals surface area contributed by atoms with Crippen molar-refractivity contribution >= 4 is 59.9 Å². The first-order valence-corrected chi connectivity index (χ1v) is 7.61. The minimum Gasteiger partial charge on any atom is -0.505 e. The summed E-state index contributed by atoms with van der Waals surface area (Å²) in [5, 5.41) is 22.2. The number of rotatable bonds is 3. The second-order valence-corrected chi connectivity index (χ2v) is 6.36. The molecule has 1 aromatic heterocycles. The Morgan fingerprint density at radius 1 is 1.37 bits per heavy atom. The third kappa shape index (κ3) is 2.63. The summed E-state index contributed by atoms with van der Waals surface area (Å²) in [6.07, 6.45) is 0. The van der Waals surface area contributed by atoms with Crippen LogP contribution in [0.25, 0.3) is 0 Å². The molecule has 1 heterocycles. The molecule has 2 rings (SSSR count). The number of carbonyl (C=O) groups is 1. The molecule has 0 amide bonds. The highest BCUT2D eigenvalue weighted by Crippen LogP contribution is 2.44. The van der Waals surface area contributed by atoms with Crippen molar-refractivity contribution in [2.45, 2.75) is 0 Å². The van der Waals surface area contributed by atoms with Crippen LogP contribution in [0.15, 0.2) is 32.5 Å². The minimum atomic E-state index is -1.10. The minimum absolute atomic E-state index is 0.0246. The number of phenolic OH excluding ortho intramolecular Hbond substituents is 1. The van der Waals surface area contributed by atoms with Crippen molar-refractivity contribution in [1.29, 1.82) is 0 Å². The first-order valence-electron chi connectivity index (χ1n) is 5.15. The van der Waals surface area contributed by atoms with Gasteiger partial charge in [-0.3, -0.25) is 0 Å². The summed E-state index contributed by atoms with van der Waals surface area (Å²) in [5.74, 6) is -1.20. The quantitative estimate of drug-likeness (QED) is 0.790. The molecule has 2 N–H and O–H groups in total. The van der Waals surface area contributed by atoms with Gasteiger partial charge in [-0.15, -0.1) is 11.3 Å². The van der Waals surface area contributed by atoms with Gasteiger partial charge in [0.2, 0.25) is 0 Å². The standard InChI is InChI=1S/C12H9Br2NO3S/c1-15(8-3-2-4-19-8)10-9(12(17)18)6(13)5-7(14)11(10)16/h2-5,16H,1H3,(H,17,18). The molecule has 1 aromatic carbocycles. The second kappa shape index (κ2) is 5.52. The van der Waals surface area contributed by atoms with E-state index >= 15 is 0 Å². The molecule has 4 nitrogen and oxygen atoms in total. The van der Waals surface area contributed by atoms with E-state index in [0.29, 0.717) is 8.95 Å². The fourth-order valence-corrected chi connectivity index (χ4v) is 3.71. The smallest absolute Gasteiger partial charge is 0.339 e. The Bertz CT molecular complexity index is 628. The Kier molecular flexibility index (Phi) is 4.17. The third-order valence-electron chi connectivity index (χ3n) is 2.57. The molecular formula is C12H9Br2NO3S. The fourth-order valence-electron chi connectivity index (χ4n) is 1.70. The largest absolute Gasteiger partial charge is 0.505 e. The van der Waals surface area contributed by atoms with Crippen LogP contribution in [-0.4, -0.2) is 23.2 Å². The second-order valence-electron chi connectivity index (χ2n) is 3.73. The van der Waals surface area contributed by atoms with Gasteiger partial charge in [0.05, 0.1) is 9.47 Å². The van der Waals surface area contributed by atoms with Gasteiger partial charge in [0.1, 0.15) is 11.3 Å². The summed E-state index contributed by atoms with van der Waals surface area (Å²) in [6, 6.07) is 5.23. The van der Waals surface area contributed by atoms with Gasteiger partial charge in [0, 0.05) is 11.5 Å². The zero-order valence-electron chi connectivity index (χ0n) is 9.72. The Hall–Kier alpha value is -1.05. The number of hydrogen-bond acceptors (Lipinski definition) is 4. The van der Waals surface area contributed by atoms with E-state index in [2.05, 4.69) is 31.9 Å². The lowest BCUT2D eigenvalue weighted by Crippen LogP contribution is -2.14. The Morgan fingerprint density at radius 2 is 2.05 bits per heavy atom. The van der Waals surface area contributed by atoms with Gasteiger partial charge < -0.3 is 15.1 Å². The number of phenols is 1. The van der Waals surface area contributed by atoms with Crippen LogP contribution in [0.4, 0.5) is 10.7 Å². The molecule has 0 radical (unpaired) electrons. The first kappa shape index (κ1) is 14.4. The lowest BCUT2D eigenvalue weighted by Gasteiger charge is -2.22. The Balaban J connectivity index is 2.70. The highest BCUT2D eigenvalue weighted by atomic mass is 79.9. The van der Waals surface area contributed by atoms with E-state index < -0.39 is 5.97 Å². The number of halogens is 2. The number of hydrogen-bond donors (Lipinski definition) is 2. The van der Waals surface area contributed by atoms with Crippen molar-refractivity contribution in [3.63, 3.8) is 0 Å². The van der Waals surface area contributed by atoms with E-state index in [0.717, 1.165) is 5.00 Å². The van der Waals surface area contributed by atoms with E-state index in [1.165, 1.54) is 17.4 Å². The van der Waals surface area contributed by atoms with Crippen molar-refractivity contribution in [2.24, 2.45) is 0 Å². The van der Waals surface area contributed by atoms with E-state index in [-0.39, 0.29) is 17.0 Å². The number of aromatic carboxylic acids is 1. The molecule has 100 valence electrons. The van der Waals surface area contributed by atoms with Crippen LogP contribution >= 0.6 is 43.2 Å². The molecule has 0 fully saturated rings. The van der Waals surface area contributed by atoms with E-state index in [4.69, 9.17) is 0 Å². The van der Waals surface area contributed by atoms with Crippen LogP contribution < -0.4 is 4.90 Å². The van der Waals surface area contributed by atoms with Crippen LogP contribution in [0.5, 0.6) is 5.75 Å². The SMILES string of the molecule is CN(c1cccs1)c1c(O)c(Br)cc(Br)c1C(=O)O. The van der Waals surface area contributed by atoms with Gasteiger partial charge >= 0.3 is 5.97 Å². The molecule has 0 spiro atoms. The average molecular weight is 407 g/mol. The number of benzene rings is 1. The summed E-state index contributed by atoms with van der Waals surface area (Å²) in [7, 11) is 1.71. The van der Waals surface area contributed by atoms with Gasteiger partial charge in [0.15, 0.2) is 5.75 Å². The lowest BCUT2D eigenvalue weighted by molar-refractivity contribution is 0.0696. The molecule has 0 unspecified atom stereocenters. The van der Waals surface area contributed by atoms with Crippen molar-refractivity contribution in [3.05, 3.63) is 38.1 Å². The van der Waals surface area contributed by atoms with Crippen molar-refractivity contribution < 1.29 is 15.0 Å². The van der Waals surface area contributed by atoms with Crippen molar-refractivity contribution in [2.75, 3.05) is 11.9 Å². The molecule has 19 heavy (non-hydrogen) atoms. The Morgan fingerprint density at radius 3 is 2.58 bits per heavy atom. The third-order valence-corrected chi connectivity index (χ3v) is 4.74. The van der Waals surface area contributed by atoms with Crippen LogP contribution in [0.1, 0.15) is 10.4 Å². The molecule has 7 heteroatoms. The maximum Gasteiger partial charge on any atom is 0.339 e. The van der Waals surface area contributed by atoms with Crippen LogP contribution in [-0.2, 0) is 0 Å². The normalized spacial score (nSPS) is 10.5. The van der Waals surface area contributed by atoms with Gasteiger partial charge in [-0.2, -0.15) is 0 Å². The molecule has 2 aromatic rings. The molecule has 0 saturated heterocycles. The summed E-state index contributed by atoms with van der Waals surface area (Å²) in [5.41, 5.74) is 0.271. The van der Waals surface area contributed by atoms with Gasteiger partial charge in [-0.05, 0) is 55.4 Å². The first-order chi connectivity index (χ1) is 8.93. The lowest BCUT2D eigenvalue weighted by atomic mass is 10.1. The molecule has 0 saturated carbocycles. The highest BCUT2D eigenvalue weighted by Gasteiger charge is 2.24. The molecule has 0 aliphatic carbocycles. The zero-order chi connectivity index (χ0) is 14.2. The van der Waals surface area contributed by atoms with Crippen LogP contribution in [0.3, 0.4) is 0 Å². The summed E-state index contributed by atoms with van der Waals surface area (Å²) in [6.45, 7) is 0. The van der Waals surface area contributed by atoms with Crippen molar-refractivity contribution in [3.8, 4) is 5.75 Å². The number of carboxylic acids is 1. The van der Waals surface area contributed by atoms with E-state index in [1.807, 2.05) is 17.5 Å². The summed E-state index contributed by atoms with van der Waals surface area (Å²) < 4.78 is 0.839.